The predicted octanol–water partition coefficient (Wildman–Crippen LogP) is 2.18. The second-order valence-corrected chi connectivity index (χ2v) is 8.85. The highest BCUT2D eigenvalue weighted by molar-refractivity contribution is 6.04. The van der Waals surface area contributed by atoms with E-state index in [1.54, 1.807) is 30.6 Å². The van der Waals surface area contributed by atoms with Gasteiger partial charge in [-0.25, -0.2) is 0 Å². The zero-order valence-corrected chi connectivity index (χ0v) is 17.9. The van der Waals surface area contributed by atoms with Gasteiger partial charge in [0.1, 0.15) is 5.41 Å². The highest BCUT2D eigenvalue weighted by Gasteiger charge is 2.43. The van der Waals surface area contributed by atoms with Gasteiger partial charge in [-0.15, -0.1) is 0 Å². The lowest BCUT2D eigenvalue weighted by Gasteiger charge is -2.40. The number of carbonyl (C=O) groups is 3. The molecule has 6 nitrogen and oxygen atoms in total. The Morgan fingerprint density at radius 3 is 1.83 bits per heavy atom. The maximum Gasteiger partial charge on any atom is 0.237 e. The van der Waals surface area contributed by atoms with Crippen LogP contribution >= 0.6 is 0 Å². The van der Waals surface area contributed by atoms with Crippen molar-refractivity contribution in [2.45, 2.75) is 40.0 Å². The van der Waals surface area contributed by atoms with Crippen LogP contribution in [-0.2, 0) is 20.8 Å². The molecule has 0 radical (unpaired) electrons. The van der Waals surface area contributed by atoms with Crippen molar-refractivity contribution in [3.05, 3.63) is 35.9 Å². The summed E-state index contributed by atoms with van der Waals surface area (Å²) in [6.45, 7) is 8.52. The summed E-state index contributed by atoms with van der Waals surface area (Å²) in [5.74, 6) is 0.414. The molecule has 3 rings (SSSR count). The molecule has 2 saturated heterocycles. The predicted molar refractivity (Wildman–Crippen MR) is 112 cm³/mol. The number of carbonyl (C=O) groups excluding carboxylic acids is 3. The third-order valence-corrected chi connectivity index (χ3v) is 6.35. The summed E-state index contributed by atoms with van der Waals surface area (Å²) in [4.78, 5) is 43.1. The molecule has 2 aliphatic heterocycles. The number of rotatable bonds is 4. The monoisotopic (exact) mass is 399 g/mol. The van der Waals surface area contributed by atoms with Crippen molar-refractivity contribution >= 4 is 17.7 Å². The molecule has 29 heavy (non-hydrogen) atoms. The van der Waals surface area contributed by atoms with E-state index in [1.165, 1.54) is 5.56 Å². The highest BCUT2D eigenvalue weighted by atomic mass is 16.2. The molecule has 0 aromatic heterocycles. The van der Waals surface area contributed by atoms with Crippen LogP contribution in [0.4, 0.5) is 0 Å². The van der Waals surface area contributed by atoms with Crippen LogP contribution in [0.1, 0.15) is 39.2 Å². The number of piperazine rings is 1. The lowest BCUT2D eigenvalue weighted by molar-refractivity contribution is -0.157. The molecule has 0 N–H and O–H groups in total. The van der Waals surface area contributed by atoms with Crippen LogP contribution in [-0.4, -0.2) is 71.7 Å². The molecule has 0 spiro atoms. The number of hydrogen-bond acceptors (Lipinski definition) is 3. The van der Waals surface area contributed by atoms with Crippen LogP contribution < -0.4 is 0 Å². The zero-order chi connectivity index (χ0) is 21.0. The summed E-state index contributed by atoms with van der Waals surface area (Å²) >= 11 is 0. The van der Waals surface area contributed by atoms with E-state index in [1.807, 2.05) is 11.0 Å². The van der Waals surface area contributed by atoms with Crippen LogP contribution in [0.15, 0.2) is 30.3 Å². The van der Waals surface area contributed by atoms with Gasteiger partial charge >= 0.3 is 0 Å². The third kappa shape index (κ3) is 4.98. The van der Waals surface area contributed by atoms with Crippen molar-refractivity contribution in [1.29, 1.82) is 0 Å². The fourth-order valence-electron chi connectivity index (χ4n) is 4.39. The molecule has 0 atom stereocenters. The molecule has 0 unspecified atom stereocenters. The molecule has 0 bridgehead atoms. The van der Waals surface area contributed by atoms with Crippen LogP contribution in [0.25, 0.3) is 0 Å². The van der Waals surface area contributed by atoms with E-state index >= 15 is 0 Å². The van der Waals surface area contributed by atoms with Crippen molar-refractivity contribution in [3.63, 3.8) is 0 Å². The first-order chi connectivity index (χ1) is 13.8. The van der Waals surface area contributed by atoms with Gasteiger partial charge in [0.25, 0.3) is 0 Å². The van der Waals surface area contributed by atoms with Crippen molar-refractivity contribution in [3.8, 4) is 0 Å². The number of nitrogens with zero attached hydrogens (tertiary/aromatic N) is 3. The molecule has 2 fully saturated rings. The first-order valence-electron chi connectivity index (χ1n) is 10.7. The lowest BCUT2D eigenvalue weighted by atomic mass is 9.86. The van der Waals surface area contributed by atoms with E-state index in [9.17, 15) is 14.4 Å². The molecule has 3 amide bonds. The van der Waals surface area contributed by atoms with Gasteiger partial charge in [-0.2, -0.15) is 0 Å². The number of likely N-dealkylation sites (tertiary alicyclic amines) is 1. The molecule has 2 heterocycles. The molecular formula is C23H33N3O3. The molecule has 158 valence electrons. The van der Waals surface area contributed by atoms with Crippen LogP contribution in [0.5, 0.6) is 0 Å². The summed E-state index contributed by atoms with van der Waals surface area (Å²) in [7, 11) is 0. The third-order valence-electron chi connectivity index (χ3n) is 6.35. The average molecular weight is 400 g/mol. The Hall–Kier alpha value is -2.37. The fourth-order valence-corrected chi connectivity index (χ4v) is 4.39. The second-order valence-electron chi connectivity index (χ2n) is 8.85. The van der Waals surface area contributed by atoms with Gasteiger partial charge in [0.05, 0.1) is 0 Å². The molecule has 1 aromatic rings. The second kappa shape index (κ2) is 8.97. The van der Waals surface area contributed by atoms with E-state index in [4.69, 9.17) is 0 Å². The van der Waals surface area contributed by atoms with Gasteiger partial charge in [0.2, 0.25) is 17.7 Å². The maximum absolute atomic E-state index is 13.2. The minimum absolute atomic E-state index is 0.0332. The van der Waals surface area contributed by atoms with E-state index in [-0.39, 0.29) is 17.7 Å². The van der Waals surface area contributed by atoms with Gasteiger partial charge in [-0.1, -0.05) is 30.3 Å². The highest BCUT2D eigenvalue weighted by Crippen LogP contribution is 2.28. The maximum atomic E-state index is 13.2. The topological polar surface area (TPSA) is 60.9 Å². The molecule has 6 heteroatoms. The standard InChI is InChI=1S/C23H33N3O3/c1-18(27)24-13-15-26(16-14-24)22(29)23(2,3)21(28)25-11-9-20(10-12-25)17-19-7-5-4-6-8-19/h4-8,20H,9-17H2,1-3H3. The molecule has 2 aliphatic rings. The van der Waals surface area contributed by atoms with Crippen molar-refractivity contribution in [1.82, 2.24) is 14.7 Å². The Morgan fingerprint density at radius 2 is 1.31 bits per heavy atom. The summed E-state index contributed by atoms with van der Waals surface area (Å²) in [6.07, 6.45) is 3.00. The molecular weight excluding hydrogens is 366 g/mol. The van der Waals surface area contributed by atoms with E-state index < -0.39 is 5.41 Å². The summed E-state index contributed by atoms with van der Waals surface area (Å²) in [5.41, 5.74) is 0.280. The molecule has 0 aliphatic carbocycles. The number of hydrogen-bond donors (Lipinski definition) is 0. The smallest absolute Gasteiger partial charge is 0.237 e. The van der Waals surface area contributed by atoms with Gasteiger partial charge < -0.3 is 14.7 Å². The number of benzene rings is 1. The summed E-state index contributed by atoms with van der Waals surface area (Å²) in [6, 6.07) is 10.5. The molecule has 0 saturated carbocycles. The number of amides is 3. The Balaban J connectivity index is 1.52. The Labute approximate surface area is 173 Å². The van der Waals surface area contributed by atoms with Crippen molar-refractivity contribution in [2.24, 2.45) is 11.3 Å². The Kier molecular flexibility index (Phi) is 6.60. The first-order valence-corrected chi connectivity index (χ1v) is 10.7. The fraction of sp³-hybridized carbons (Fsp3) is 0.609. The van der Waals surface area contributed by atoms with Crippen LogP contribution in [0.3, 0.4) is 0 Å². The van der Waals surface area contributed by atoms with Gasteiger partial charge in [0.15, 0.2) is 0 Å². The lowest BCUT2D eigenvalue weighted by Crippen LogP contribution is -2.57. The quantitative estimate of drug-likeness (QED) is 0.729. The Bertz CT molecular complexity index is 731. The van der Waals surface area contributed by atoms with Gasteiger partial charge in [0, 0.05) is 46.2 Å². The summed E-state index contributed by atoms with van der Waals surface area (Å²) in [5, 5.41) is 0. The van der Waals surface area contributed by atoms with Gasteiger partial charge in [-0.3, -0.25) is 14.4 Å². The largest absolute Gasteiger partial charge is 0.342 e. The van der Waals surface area contributed by atoms with Crippen molar-refractivity contribution < 1.29 is 14.4 Å². The van der Waals surface area contributed by atoms with Crippen LogP contribution in [0, 0.1) is 11.3 Å². The SMILES string of the molecule is CC(=O)N1CCN(C(=O)C(C)(C)C(=O)N2CCC(Cc3ccccc3)CC2)CC1. The Morgan fingerprint density at radius 1 is 0.828 bits per heavy atom. The molecule has 1 aromatic carbocycles. The zero-order valence-electron chi connectivity index (χ0n) is 17.9. The average Bonchev–Trinajstić information content (AvgIpc) is 2.74. The van der Waals surface area contributed by atoms with Gasteiger partial charge in [-0.05, 0) is 44.6 Å². The van der Waals surface area contributed by atoms with E-state index in [0.29, 0.717) is 45.2 Å². The minimum Gasteiger partial charge on any atom is -0.342 e. The van der Waals surface area contributed by atoms with E-state index in [0.717, 1.165) is 19.3 Å². The normalized spacial score (nSPS) is 18.7. The van der Waals surface area contributed by atoms with Crippen molar-refractivity contribution in [2.75, 3.05) is 39.3 Å². The van der Waals surface area contributed by atoms with Crippen LogP contribution in [0.2, 0.25) is 0 Å². The van der Waals surface area contributed by atoms with E-state index in [2.05, 4.69) is 24.3 Å². The summed E-state index contributed by atoms with van der Waals surface area (Å²) < 4.78 is 0. The number of piperidine rings is 1. The minimum atomic E-state index is -1.06. The first kappa shape index (κ1) is 21.3.